The van der Waals surface area contributed by atoms with Gasteiger partial charge in [-0.05, 0) is 48.7 Å². The first-order chi connectivity index (χ1) is 15.5. The first-order valence-electron chi connectivity index (χ1n) is 10.2. The van der Waals surface area contributed by atoms with E-state index in [1.54, 1.807) is 49.7 Å². The highest BCUT2D eigenvalue weighted by atomic mass is 32.2. The van der Waals surface area contributed by atoms with Gasteiger partial charge in [-0.2, -0.15) is 0 Å². The lowest BCUT2D eigenvalue weighted by molar-refractivity contribution is -0.122. The molecule has 1 N–H and O–H groups in total. The van der Waals surface area contributed by atoms with Crippen molar-refractivity contribution in [2.45, 2.75) is 25.7 Å². The molecule has 2 heterocycles. The highest BCUT2D eigenvalue weighted by Crippen LogP contribution is 2.34. The normalized spacial score (nSPS) is 14.7. The van der Waals surface area contributed by atoms with Gasteiger partial charge in [0.1, 0.15) is 4.32 Å². The van der Waals surface area contributed by atoms with E-state index >= 15 is 0 Å². The van der Waals surface area contributed by atoms with Crippen LogP contribution in [0.25, 0.3) is 6.08 Å². The summed E-state index contributed by atoms with van der Waals surface area (Å²) in [6.45, 7) is 0.540. The number of aromatic nitrogens is 1. The maximum absolute atomic E-state index is 12.8. The third-order valence-electron chi connectivity index (χ3n) is 4.81. The van der Waals surface area contributed by atoms with Crippen molar-refractivity contribution in [3.63, 3.8) is 0 Å². The summed E-state index contributed by atoms with van der Waals surface area (Å²) < 4.78 is 11.1. The van der Waals surface area contributed by atoms with Gasteiger partial charge in [0.25, 0.3) is 5.91 Å². The number of thiocarbonyl (C=S) groups is 1. The Bertz CT molecular complexity index is 1010. The lowest BCUT2D eigenvalue weighted by atomic mass is 10.1. The second-order valence-corrected chi connectivity index (χ2v) is 8.72. The fourth-order valence-corrected chi connectivity index (χ4v) is 4.49. The molecule has 0 atom stereocenters. The van der Waals surface area contributed by atoms with Gasteiger partial charge in [-0.3, -0.25) is 19.5 Å². The zero-order valence-electron chi connectivity index (χ0n) is 18.0. The molecule has 168 valence electrons. The van der Waals surface area contributed by atoms with Gasteiger partial charge in [0.05, 0.1) is 31.0 Å². The number of methoxy groups -OCH3 is 2. The number of ether oxygens (including phenoxy) is 2. The zero-order valence-corrected chi connectivity index (χ0v) is 19.6. The molecule has 0 bridgehead atoms. The van der Waals surface area contributed by atoms with Crippen molar-refractivity contribution < 1.29 is 19.1 Å². The molecule has 9 heteroatoms. The average molecular weight is 472 g/mol. The summed E-state index contributed by atoms with van der Waals surface area (Å²) in [5.74, 6) is 1.10. The molecule has 2 aromatic rings. The standard InChI is InChI=1S/C23H25N3O4S2/c1-29-18-10-9-16(13-19(18)30-2)14-20-22(28)26(23(31)32-20)12-5-3-4-8-21(27)25-17-7-6-11-24-15-17/h6-7,9-11,13-15H,3-5,8,12H2,1-2H3,(H,25,27). The molecule has 3 rings (SSSR count). The van der Waals surface area contributed by atoms with Crippen molar-refractivity contribution >= 4 is 51.9 Å². The highest BCUT2D eigenvalue weighted by Gasteiger charge is 2.31. The number of hydrogen-bond acceptors (Lipinski definition) is 7. The third kappa shape index (κ3) is 6.30. The minimum atomic E-state index is -0.0934. The van der Waals surface area contributed by atoms with Crippen molar-refractivity contribution in [2.24, 2.45) is 0 Å². The first kappa shape index (κ1) is 23.7. The number of nitrogens with one attached hydrogen (secondary N) is 1. The van der Waals surface area contributed by atoms with Gasteiger partial charge < -0.3 is 14.8 Å². The number of anilines is 1. The third-order valence-corrected chi connectivity index (χ3v) is 6.19. The molecule has 0 unspecified atom stereocenters. The first-order valence-corrected chi connectivity index (χ1v) is 11.4. The van der Waals surface area contributed by atoms with E-state index < -0.39 is 0 Å². The Morgan fingerprint density at radius 3 is 2.72 bits per heavy atom. The van der Waals surface area contributed by atoms with Crippen LogP contribution in [0, 0.1) is 0 Å². The smallest absolute Gasteiger partial charge is 0.266 e. The maximum atomic E-state index is 12.8. The summed E-state index contributed by atoms with van der Waals surface area (Å²) in [6, 6.07) is 9.06. The fourth-order valence-electron chi connectivity index (χ4n) is 3.18. The van der Waals surface area contributed by atoms with Crippen LogP contribution in [0.4, 0.5) is 5.69 Å². The Kier molecular flexibility index (Phi) is 8.64. The number of nitrogens with zero attached hydrogens (tertiary/aromatic N) is 2. The van der Waals surface area contributed by atoms with Crippen molar-refractivity contribution in [3.8, 4) is 11.5 Å². The number of rotatable bonds is 10. The summed E-state index contributed by atoms with van der Waals surface area (Å²) >= 11 is 6.70. The van der Waals surface area contributed by atoms with Crippen LogP contribution in [-0.4, -0.2) is 46.8 Å². The van der Waals surface area contributed by atoms with E-state index in [0.29, 0.717) is 39.4 Å². The maximum Gasteiger partial charge on any atom is 0.266 e. The van der Waals surface area contributed by atoms with Gasteiger partial charge >= 0.3 is 0 Å². The number of carbonyl (C=O) groups excluding carboxylic acids is 2. The zero-order chi connectivity index (χ0) is 22.9. The molecule has 32 heavy (non-hydrogen) atoms. The molecule has 1 aromatic carbocycles. The molecule has 0 saturated carbocycles. The number of benzene rings is 1. The summed E-state index contributed by atoms with van der Waals surface area (Å²) in [5.41, 5.74) is 1.53. The summed E-state index contributed by atoms with van der Waals surface area (Å²) in [5, 5.41) is 2.82. The Balaban J connectivity index is 1.47. The van der Waals surface area contributed by atoms with Crippen LogP contribution in [0.15, 0.2) is 47.6 Å². The lowest BCUT2D eigenvalue weighted by Crippen LogP contribution is -2.29. The van der Waals surface area contributed by atoms with Gasteiger partial charge in [-0.15, -0.1) is 0 Å². The molecule has 2 amide bonds. The quantitative estimate of drug-likeness (QED) is 0.310. The monoisotopic (exact) mass is 471 g/mol. The molecule has 0 radical (unpaired) electrons. The number of carbonyl (C=O) groups is 2. The number of hydrogen-bond donors (Lipinski definition) is 1. The van der Waals surface area contributed by atoms with E-state index in [-0.39, 0.29) is 11.8 Å². The van der Waals surface area contributed by atoms with Gasteiger partial charge in [0, 0.05) is 19.2 Å². The van der Waals surface area contributed by atoms with Gasteiger partial charge in [0.15, 0.2) is 11.5 Å². The second kappa shape index (κ2) is 11.6. The summed E-state index contributed by atoms with van der Waals surface area (Å²) in [4.78, 5) is 31.0. The molecule has 0 aliphatic carbocycles. The second-order valence-electron chi connectivity index (χ2n) is 7.05. The molecule has 1 aromatic heterocycles. The molecule has 1 aliphatic heterocycles. The SMILES string of the molecule is COc1ccc(C=C2SC(=S)N(CCCCCC(=O)Nc3cccnc3)C2=O)cc1OC. The van der Waals surface area contributed by atoms with E-state index in [2.05, 4.69) is 10.3 Å². The van der Waals surface area contributed by atoms with Crippen molar-refractivity contribution in [3.05, 3.63) is 53.2 Å². The Hall–Kier alpha value is -2.91. The predicted octanol–water partition coefficient (Wildman–Crippen LogP) is 4.50. The number of amides is 2. The van der Waals surface area contributed by atoms with Crippen LogP contribution in [0.3, 0.4) is 0 Å². The number of thioether (sulfide) groups is 1. The Morgan fingerprint density at radius 2 is 2.00 bits per heavy atom. The van der Waals surface area contributed by atoms with E-state index in [4.69, 9.17) is 21.7 Å². The Morgan fingerprint density at radius 1 is 1.19 bits per heavy atom. The van der Waals surface area contributed by atoms with E-state index in [9.17, 15) is 9.59 Å². The topological polar surface area (TPSA) is 80.8 Å². The molecule has 0 spiro atoms. The van der Waals surface area contributed by atoms with Crippen molar-refractivity contribution in [2.75, 3.05) is 26.1 Å². The molecule has 7 nitrogen and oxygen atoms in total. The number of pyridine rings is 1. The van der Waals surface area contributed by atoms with E-state index in [1.807, 2.05) is 18.2 Å². The van der Waals surface area contributed by atoms with Crippen LogP contribution in [0.5, 0.6) is 11.5 Å². The van der Waals surface area contributed by atoms with Crippen molar-refractivity contribution in [1.29, 1.82) is 0 Å². The molecule has 1 fully saturated rings. The van der Waals surface area contributed by atoms with Gasteiger partial charge in [0.2, 0.25) is 5.91 Å². The van der Waals surface area contributed by atoms with Gasteiger partial charge in [-0.1, -0.05) is 36.5 Å². The van der Waals surface area contributed by atoms with Crippen LogP contribution < -0.4 is 14.8 Å². The van der Waals surface area contributed by atoms with Crippen LogP contribution in [0.1, 0.15) is 31.2 Å². The highest BCUT2D eigenvalue weighted by molar-refractivity contribution is 8.26. The van der Waals surface area contributed by atoms with E-state index in [0.717, 1.165) is 24.8 Å². The van der Waals surface area contributed by atoms with E-state index in [1.165, 1.54) is 11.8 Å². The minimum absolute atomic E-state index is 0.0403. The Labute approximate surface area is 197 Å². The predicted molar refractivity (Wildman–Crippen MR) is 131 cm³/mol. The minimum Gasteiger partial charge on any atom is -0.493 e. The average Bonchev–Trinajstić information content (AvgIpc) is 3.06. The fraction of sp³-hybridized carbons (Fsp3) is 0.304. The summed E-state index contributed by atoms with van der Waals surface area (Å²) in [7, 11) is 3.15. The van der Waals surface area contributed by atoms with Crippen LogP contribution >= 0.6 is 24.0 Å². The molecule has 1 aliphatic rings. The molecule has 1 saturated heterocycles. The number of unbranched alkanes of at least 4 members (excludes halogenated alkanes) is 2. The van der Waals surface area contributed by atoms with Crippen LogP contribution in [0.2, 0.25) is 0 Å². The van der Waals surface area contributed by atoms with Crippen LogP contribution in [-0.2, 0) is 9.59 Å². The molecular weight excluding hydrogens is 446 g/mol. The largest absolute Gasteiger partial charge is 0.493 e. The molecular formula is C23H25N3O4S2. The summed E-state index contributed by atoms with van der Waals surface area (Å²) in [6.07, 6.45) is 7.84. The van der Waals surface area contributed by atoms with Gasteiger partial charge in [-0.25, -0.2) is 0 Å². The van der Waals surface area contributed by atoms with Crippen molar-refractivity contribution in [1.82, 2.24) is 9.88 Å². The lowest BCUT2D eigenvalue weighted by Gasteiger charge is -2.14.